The Balaban J connectivity index is 2.22. The first-order valence-electron chi connectivity index (χ1n) is 6.18. The van der Waals surface area contributed by atoms with Crippen LogP contribution in [0.2, 0.25) is 0 Å². The van der Waals surface area contributed by atoms with E-state index in [-0.39, 0.29) is 0 Å². The molecule has 0 aromatic heterocycles. The molecule has 0 spiro atoms. The van der Waals surface area contributed by atoms with Gasteiger partial charge in [0.05, 0.1) is 5.69 Å². The van der Waals surface area contributed by atoms with Crippen LogP contribution in [0.5, 0.6) is 0 Å². The van der Waals surface area contributed by atoms with Crippen molar-refractivity contribution in [2.45, 2.75) is 6.92 Å². The highest BCUT2D eigenvalue weighted by Gasteiger charge is 1.99. The summed E-state index contributed by atoms with van der Waals surface area (Å²) < 4.78 is 0. The second-order valence-corrected chi connectivity index (χ2v) is 5.07. The van der Waals surface area contributed by atoms with Gasteiger partial charge in [0.1, 0.15) is 0 Å². The van der Waals surface area contributed by atoms with E-state index in [1.807, 2.05) is 36.7 Å². The van der Waals surface area contributed by atoms with Crippen LogP contribution in [0, 0.1) is 18.4 Å². The normalized spacial score (nSPS) is 10.9. The smallest absolute Gasteiger partial charge is 0.183 e. The lowest BCUT2D eigenvalue weighted by Crippen LogP contribution is -2.12. The van der Waals surface area contributed by atoms with Gasteiger partial charge in [0.15, 0.2) is 11.4 Å². The molecule has 0 bridgehead atoms. The van der Waals surface area contributed by atoms with Crippen molar-refractivity contribution in [1.29, 1.82) is 5.26 Å². The molecule has 2 aromatic rings. The number of nitrogens with one attached hydrogen (secondary N) is 1. The summed E-state index contributed by atoms with van der Waals surface area (Å²) >= 11 is 1.41. The molecule has 4 heteroatoms. The average Bonchev–Trinajstić information content (AvgIpc) is 2.48. The van der Waals surface area contributed by atoms with E-state index in [4.69, 9.17) is 5.26 Å². The van der Waals surface area contributed by atoms with Crippen molar-refractivity contribution < 1.29 is 0 Å². The van der Waals surface area contributed by atoms with Gasteiger partial charge in [-0.15, -0.1) is 0 Å². The van der Waals surface area contributed by atoms with Crippen molar-refractivity contribution in [1.82, 2.24) is 5.32 Å². The molecule has 2 rings (SSSR count). The SMILES string of the molecule is CSC(=Nc1ccc(-c2ccc(C)cc2)cc1)NC#N. The Morgan fingerprint density at radius 1 is 1.05 bits per heavy atom. The van der Waals surface area contributed by atoms with Crippen molar-refractivity contribution in [3.05, 3.63) is 54.1 Å². The topological polar surface area (TPSA) is 48.2 Å². The zero-order valence-corrected chi connectivity index (χ0v) is 12.2. The maximum absolute atomic E-state index is 8.61. The number of nitrogens with zero attached hydrogens (tertiary/aromatic N) is 2. The van der Waals surface area contributed by atoms with E-state index in [1.165, 1.54) is 22.9 Å². The van der Waals surface area contributed by atoms with Gasteiger partial charge in [0, 0.05) is 0 Å². The standard InChI is InChI=1S/C16H15N3S/c1-12-3-5-13(6-4-12)14-7-9-15(10-8-14)19-16(20-2)18-11-17/h3-10H,1-2H3,(H,18,19). The number of rotatable bonds is 2. The number of hydrogen-bond acceptors (Lipinski definition) is 3. The largest absolute Gasteiger partial charge is 0.271 e. The minimum atomic E-state index is 0.593. The summed E-state index contributed by atoms with van der Waals surface area (Å²) in [6.07, 6.45) is 3.76. The third kappa shape index (κ3) is 3.62. The zero-order chi connectivity index (χ0) is 14.4. The van der Waals surface area contributed by atoms with Crippen LogP contribution in [0.3, 0.4) is 0 Å². The van der Waals surface area contributed by atoms with Gasteiger partial charge in [-0.1, -0.05) is 53.7 Å². The van der Waals surface area contributed by atoms with Crippen LogP contribution in [0.15, 0.2) is 53.5 Å². The minimum absolute atomic E-state index is 0.593. The Labute approximate surface area is 123 Å². The number of aryl methyl sites for hydroxylation is 1. The maximum Gasteiger partial charge on any atom is 0.183 e. The first-order chi connectivity index (χ1) is 9.72. The van der Waals surface area contributed by atoms with Crippen LogP contribution in [0.1, 0.15) is 5.56 Å². The molecule has 2 aromatic carbocycles. The third-order valence-corrected chi connectivity index (χ3v) is 3.42. The van der Waals surface area contributed by atoms with Gasteiger partial charge >= 0.3 is 0 Å². The van der Waals surface area contributed by atoms with Crippen molar-refractivity contribution in [2.75, 3.05) is 6.26 Å². The molecular weight excluding hydrogens is 266 g/mol. The summed E-state index contributed by atoms with van der Waals surface area (Å²) in [5, 5.41) is 11.8. The molecule has 0 saturated carbocycles. The Morgan fingerprint density at radius 3 is 2.10 bits per heavy atom. The Hall–Kier alpha value is -2.25. The van der Waals surface area contributed by atoms with Crippen molar-refractivity contribution >= 4 is 22.6 Å². The third-order valence-electron chi connectivity index (χ3n) is 2.84. The van der Waals surface area contributed by atoms with E-state index >= 15 is 0 Å². The second kappa shape index (κ2) is 6.78. The van der Waals surface area contributed by atoms with Gasteiger partial charge in [0.2, 0.25) is 0 Å². The number of hydrogen-bond donors (Lipinski definition) is 1. The number of amidine groups is 1. The molecule has 0 radical (unpaired) electrons. The van der Waals surface area contributed by atoms with E-state index in [2.05, 4.69) is 41.5 Å². The van der Waals surface area contributed by atoms with Crippen molar-refractivity contribution in [3.63, 3.8) is 0 Å². The lowest BCUT2D eigenvalue weighted by Gasteiger charge is -2.04. The zero-order valence-electron chi connectivity index (χ0n) is 11.4. The average molecular weight is 281 g/mol. The van der Waals surface area contributed by atoms with Gasteiger partial charge in [0.25, 0.3) is 0 Å². The summed E-state index contributed by atoms with van der Waals surface area (Å²) in [6, 6.07) is 16.4. The molecule has 0 atom stereocenters. The predicted molar refractivity (Wildman–Crippen MR) is 86.0 cm³/mol. The summed E-state index contributed by atoms with van der Waals surface area (Å²) in [5.74, 6) is 0. The van der Waals surface area contributed by atoms with Crippen LogP contribution in [-0.2, 0) is 0 Å². The fourth-order valence-electron chi connectivity index (χ4n) is 1.76. The molecule has 0 saturated heterocycles. The molecule has 0 aliphatic carbocycles. The molecule has 0 aliphatic rings. The van der Waals surface area contributed by atoms with Gasteiger partial charge in [-0.3, -0.25) is 5.32 Å². The van der Waals surface area contributed by atoms with E-state index in [9.17, 15) is 0 Å². The fraction of sp³-hybridized carbons (Fsp3) is 0.125. The monoisotopic (exact) mass is 281 g/mol. The van der Waals surface area contributed by atoms with Crippen LogP contribution in [0.25, 0.3) is 11.1 Å². The van der Waals surface area contributed by atoms with Gasteiger partial charge in [-0.25, -0.2) is 4.99 Å². The van der Waals surface area contributed by atoms with E-state index in [0.29, 0.717) is 5.17 Å². The van der Waals surface area contributed by atoms with Crippen LogP contribution < -0.4 is 5.32 Å². The quantitative estimate of drug-likeness (QED) is 0.390. The molecule has 0 unspecified atom stereocenters. The highest BCUT2D eigenvalue weighted by molar-refractivity contribution is 8.13. The lowest BCUT2D eigenvalue weighted by molar-refractivity contribution is 1.28. The first kappa shape index (κ1) is 14.2. The predicted octanol–water partition coefficient (Wildman–Crippen LogP) is 4.08. The van der Waals surface area contributed by atoms with Crippen LogP contribution >= 0.6 is 11.8 Å². The Morgan fingerprint density at radius 2 is 1.60 bits per heavy atom. The Bertz CT molecular complexity index is 637. The molecule has 0 amide bonds. The van der Waals surface area contributed by atoms with Gasteiger partial charge in [-0.05, 0) is 36.4 Å². The highest BCUT2D eigenvalue weighted by atomic mass is 32.2. The Kier molecular flexibility index (Phi) is 4.80. The second-order valence-electron chi connectivity index (χ2n) is 4.27. The molecule has 20 heavy (non-hydrogen) atoms. The lowest BCUT2D eigenvalue weighted by atomic mass is 10.0. The minimum Gasteiger partial charge on any atom is -0.271 e. The molecule has 100 valence electrons. The van der Waals surface area contributed by atoms with Gasteiger partial charge in [-0.2, -0.15) is 5.26 Å². The summed E-state index contributed by atoms with van der Waals surface area (Å²) in [7, 11) is 0. The van der Waals surface area contributed by atoms with E-state index < -0.39 is 0 Å². The molecule has 3 nitrogen and oxygen atoms in total. The first-order valence-corrected chi connectivity index (χ1v) is 7.40. The van der Waals surface area contributed by atoms with Crippen LogP contribution in [0.4, 0.5) is 5.69 Å². The number of aliphatic imine (C=N–C) groups is 1. The maximum atomic E-state index is 8.61. The van der Waals surface area contributed by atoms with Crippen LogP contribution in [-0.4, -0.2) is 11.4 Å². The summed E-state index contributed by atoms with van der Waals surface area (Å²) in [6.45, 7) is 2.08. The molecule has 0 aliphatic heterocycles. The van der Waals surface area contributed by atoms with E-state index in [1.54, 1.807) is 0 Å². The van der Waals surface area contributed by atoms with Crippen molar-refractivity contribution in [3.8, 4) is 17.3 Å². The summed E-state index contributed by atoms with van der Waals surface area (Å²) in [4.78, 5) is 4.36. The highest BCUT2D eigenvalue weighted by Crippen LogP contribution is 2.23. The summed E-state index contributed by atoms with van der Waals surface area (Å²) in [5.41, 5.74) is 4.42. The number of nitriles is 1. The molecular formula is C16H15N3S. The molecule has 0 fully saturated rings. The van der Waals surface area contributed by atoms with E-state index in [0.717, 1.165) is 11.3 Å². The molecule has 0 heterocycles. The number of benzene rings is 2. The fourth-order valence-corrected chi connectivity index (χ4v) is 2.11. The number of thioether (sulfide) groups is 1. The molecule has 1 N–H and O–H groups in total. The van der Waals surface area contributed by atoms with Gasteiger partial charge < -0.3 is 0 Å². The van der Waals surface area contributed by atoms with Crippen molar-refractivity contribution in [2.24, 2.45) is 4.99 Å².